The Morgan fingerprint density at radius 1 is 1.40 bits per heavy atom. The fourth-order valence-electron chi connectivity index (χ4n) is 2.13. The fourth-order valence-corrected chi connectivity index (χ4v) is 2.96. The Kier molecular flexibility index (Phi) is 4.99. The zero-order chi connectivity index (χ0) is 14.9. The molecule has 0 aliphatic rings. The third kappa shape index (κ3) is 2.97. The number of rotatable bonds is 4. The van der Waals surface area contributed by atoms with E-state index in [1.807, 2.05) is 18.5 Å². The first-order chi connectivity index (χ1) is 9.45. The molecule has 0 radical (unpaired) electrons. The van der Waals surface area contributed by atoms with Crippen LogP contribution in [0.25, 0.3) is 0 Å². The zero-order valence-corrected chi connectivity index (χ0v) is 14.4. The lowest BCUT2D eigenvalue weighted by molar-refractivity contribution is 0.170. The van der Waals surface area contributed by atoms with Crippen LogP contribution in [0.1, 0.15) is 30.0 Å². The van der Waals surface area contributed by atoms with Gasteiger partial charge >= 0.3 is 0 Å². The number of benzene rings is 1. The molecule has 0 saturated carbocycles. The molecule has 1 aromatic heterocycles. The van der Waals surface area contributed by atoms with Gasteiger partial charge in [0.15, 0.2) is 0 Å². The third-order valence-corrected chi connectivity index (χ3v) is 4.82. The van der Waals surface area contributed by atoms with Gasteiger partial charge in [-0.25, -0.2) is 4.39 Å². The van der Waals surface area contributed by atoms with Gasteiger partial charge in [-0.15, -0.1) is 0 Å². The van der Waals surface area contributed by atoms with Crippen molar-refractivity contribution in [1.82, 2.24) is 9.78 Å². The van der Waals surface area contributed by atoms with Gasteiger partial charge < -0.3 is 5.11 Å². The molecule has 2 aromatic rings. The Bertz CT molecular complexity index is 628. The molecular formula is C14H15Br2FN2O. The summed E-state index contributed by atoms with van der Waals surface area (Å²) in [6.45, 7) is 4.58. The smallest absolute Gasteiger partial charge is 0.143 e. The molecule has 1 heterocycles. The van der Waals surface area contributed by atoms with Gasteiger partial charge in [-0.2, -0.15) is 5.10 Å². The van der Waals surface area contributed by atoms with Gasteiger partial charge in [-0.05, 0) is 51.8 Å². The van der Waals surface area contributed by atoms with Crippen LogP contribution in [0, 0.1) is 12.7 Å². The highest BCUT2D eigenvalue weighted by Crippen LogP contribution is 2.29. The molecule has 0 saturated heterocycles. The molecule has 1 atom stereocenters. The summed E-state index contributed by atoms with van der Waals surface area (Å²) < 4.78 is 17.0. The highest BCUT2D eigenvalue weighted by molar-refractivity contribution is 9.10. The van der Waals surface area contributed by atoms with Crippen LogP contribution in [-0.2, 0) is 13.0 Å². The van der Waals surface area contributed by atoms with E-state index in [-0.39, 0.29) is 5.56 Å². The van der Waals surface area contributed by atoms with E-state index in [0.29, 0.717) is 17.4 Å². The van der Waals surface area contributed by atoms with E-state index in [2.05, 4.69) is 37.0 Å². The normalized spacial score (nSPS) is 12.7. The van der Waals surface area contributed by atoms with Crippen LogP contribution in [0.4, 0.5) is 4.39 Å². The topological polar surface area (TPSA) is 38.0 Å². The molecule has 1 aromatic carbocycles. The largest absolute Gasteiger partial charge is 0.388 e. The maximum absolute atomic E-state index is 14.0. The summed E-state index contributed by atoms with van der Waals surface area (Å²) in [5.41, 5.74) is 2.02. The minimum Gasteiger partial charge on any atom is -0.388 e. The van der Waals surface area contributed by atoms with Gasteiger partial charge in [0.1, 0.15) is 5.82 Å². The van der Waals surface area contributed by atoms with Crippen molar-refractivity contribution in [2.24, 2.45) is 0 Å². The van der Waals surface area contributed by atoms with Crippen molar-refractivity contribution in [3.63, 3.8) is 0 Å². The standard InChI is InChI=1S/C14H15Br2FN2O/c1-3-19-11(13(16)8(2)18-19)7-12(20)9-5-4-6-10(15)14(9)17/h4-6,12,20H,3,7H2,1-2H3. The van der Waals surface area contributed by atoms with Gasteiger partial charge in [-0.3, -0.25) is 4.68 Å². The van der Waals surface area contributed by atoms with Crippen LogP contribution in [0.15, 0.2) is 27.1 Å². The Morgan fingerprint density at radius 2 is 2.10 bits per heavy atom. The molecule has 0 bridgehead atoms. The number of aromatic nitrogens is 2. The molecule has 3 nitrogen and oxygen atoms in total. The van der Waals surface area contributed by atoms with Crippen LogP contribution < -0.4 is 0 Å². The molecule has 0 fully saturated rings. The highest BCUT2D eigenvalue weighted by Gasteiger charge is 2.20. The van der Waals surface area contributed by atoms with Crippen molar-refractivity contribution in [3.05, 3.63) is 49.9 Å². The summed E-state index contributed by atoms with van der Waals surface area (Å²) in [7, 11) is 0. The molecule has 20 heavy (non-hydrogen) atoms. The first-order valence-corrected chi connectivity index (χ1v) is 7.88. The SMILES string of the molecule is CCn1nc(C)c(Br)c1CC(O)c1cccc(Br)c1F. The summed E-state index contributed by atoms with van der Waals surface area (Å²) >= 11 is 6.61. The van der Waals surface area contributed by atoms with Crippen LogP contribution in [0.5, 0.6) is 0 Å². The number of hydrogen-bond acceptors (Lipinski definition) is 2. The van der Waals surface area contributed by atoms with Crippen LogP contribution >= 0.6 is 31.9 Å². The summed E-state index contributed by atoms with van der Waals surface area (Å²) in [6, 6.07) is 4.92. The molecule has 1 unspecified atom stereocenters. The molecule has 2 rings (SSSR count). The maximum Gasteiger partial charge on any atom is 0.143 e. The molecule has 0 aliphatic carbocycles. The van der Waals surface area contributed by atoms with Crippen molar-refractivity contribution in [2.45, 2.75) is 32.9 Å². The van der Waals surface area contributed by atoms with Gasteiger partial charge in [0, 0.05) is 18.5 Å². The van der Waals surface area contributed by atoms with E-state index in [0.717, 1.165) is 15.9 Å². The van der Waals surface area contributed by atoms with Crippen LogP contribution in [-0.4, -0.2) is 14.9 Å². The van der Waals surface area contributed by atoms with Crippen LogP contribution in [0.3, 0.4) is 0 Å². The fraction of sp³-hybridized carbons (Fsp3) is 0.357. The predicted molar refractivity (Wildman–Crippen MR) is 83.1 cm³/mol. The minimum atomic E-state index is -0.912. The monoisotopic (exact) mass is 404 g/mol. The Balaban J connectivity index is 2.32. The lowest BCUT2D eigenvalue weighted by Gasteiger charge is -2.14. The summed E-state index contributed by atoms with van der Waals surface area (Å²) in [6.07, 6.45) is -0.604. The maximum atomic E-state index is 14.0. The predicted octanol–water partition coefficient (Wildman–Crippen LogP) is 4.15. The first kappa shape index (κ1) is 15.7. The van der Waals surface area contributed by atoms with E-state index in [9.17, 15) is 9.50 Å². The average molecular weight is 406 g/mol. The minimum absolute atomic E-state index is 0.285. The first-order valence-electron chi connectivity index (χ1n) is 6.29. The van der Waals surface area contributed by atoms with Gasteiger partial charge in [0.05, 0.1) is 26.4 Å². The molecule has 6 heteroatoms. The summed E-state index contributed by atoms with van der Waals surface area (Å²) in [4.78, 5) is 0. The lowest BCUT2D eigenvalue weighted by Crippen LogP contribution is -2.10. The van der Waals surface area contributed by atoms with Gasteiger partial charge in [-0.1, -0.05) is 12.1 Å². The van der Waals surface area contributed by atoms with Gasteiger partial charge in [0.25, 0.3) is 0 Å². The summed E-state index contributed by atoms with van der Waals surface area (Å²) in [5, 5.41) is 14.7. The second-order valence-electron chi connectivity index (χ2n) is 4.52. The van der Waals surface area contributed by atoms with E-state index in [1.54, 1.807) is 18.2 Å². The van der Waals surface area contributed by atoms with E-state index in [1.165, 1.54) is 0 Å². The average Bonchev–Trinajstić information content (AvgIpc) is 2.69. The van der Waals surface area contributed by atoms with Crippen molar-refractivity contribution < 1.29 is 9.50 Å². The second-order valence-corrected chi connectivity index (χ2v) is 6.17. The molecule has 108 valence electrons. The van der Waals surface area contributed by atoms with E-state index in [4.69, 9.17) is 0 Å². The number of aliphatic hydroxyl groups excluding tert-OH is 1. The number of aryl methyl sites for hydroxylation is 2. The Labute approximate surface area is 134 Å². The molecular weight excluding hydrogens is 391 g/mol. The quantitative estimate of drug-likeness (QED) is 0.829. The second kappa shape index (κ2) is 6.37. The summed E-state index contributed by atoms with van der Waals surface area (Å²) in [5.74, 6) is -0.421. The lowest BCUT2D eigenvalue weighted by atomic mass is 10.0. The molecule has 0 spiro atoms. The highest BCUT2D eigenvalue weighted by atomic mass is 79.9. The third-order valence-electron chi connectivity index (χ3n) is 3.18. The van der Waals surface area contributed by atoms with Gasteiger partial charge in [0.2, 0.25) is 0 Å². The van der Waals surface area contributed by atoms with Crippen molar-refractivity contribution in [1.29, 1.82) is 0 Å². The Morgan fingerprint density at radius 3 is 2.75 bits per heavy atom. The van der Waals surface area contributed by atoms with Crippen molar-refractivity contribution in [3.8, 4) is 0 Å². The number of hydrogen-bond donors (Lipinski definition) is 1. The van der Waals surface area contributed by atoms with Crippen molar-refractivity contribution in [2.75, 3.05) is 0 Å². The molecule has 0 amide bonds. The number of halogens is 3. The van der Waals surface area contributed by atoms with Crippen LogP contribution in [0.2, 0.25) is 0 Å². The zero-order valence-electron chi connectivity index (χ0n) is 11.2. The van der Waals surface area contributed by atoms with E-state index < -0.39 is 11.9 Å². The molecule has 0 aliphatic heterocycles. The van der Waals surface area contributed by atoms with Crippen molar-refractivity contribution >= 4 is 31.9 Å². The van der Waals surface area contributed by atoms with E-state index >= 15 is 0 Å². The number of nitrogens with zero attached hydrogens (tertiary/aromatic N) is 2. The molecule has 1 N–H and O–H groups in total. The Hall–Kier alpha value is -0.720. The number of aliphatic hydroxyl groups is 1.